The number of hydrogen-bond acceptors (Lipinski definition) is 3. The van der Waals surface area contributed by atoms with Gasteiger partial charge in [0.25, 0.3) is 0 Å². The fourth-order valence-corrected chi connectivity index (χ4v) is 8.88. The molecule has 3 N–H and O–H groups in total. The molecule has 242 valence electrons. The fraction of sp³-hybridized carbons (Fsp3) is 0.316. The number of aromatic amines is 1. The molecular formula is C38H37Br3N4O2. The van der Waals surface area contributed by atoms with Gasteiger partial charge in [0.2, 0.25) is 0 Å². The number of nitrogens with one attached hydrogen (secondary N) is 1. The molecule has 1 atom stereocenters. The number of fused-ring (bicyclic) bond motifs is 9. The van der Waals surface area contributed by atoms with Crippen LogP contribution in [-0.4, -0.2) is 25.7 Å². The molecule has 3 aromatic carbocycles. The molecule has 0 aliphatic heterocycles. The molecule has 3 aliphatic rings. The molecule has 0 saturated carbocycles. The van der Waals surface area contributed by atoms with Crippen molar-refractivity contribution in [1.82, 2.24) is 14.1 Å². The summed E-state index contributed by atoms with van der Waals surface area (Å²) in [5.74, 6) is 0.541. The Kier molecular flexibility index (Phi) is 9.11. The van der Waals surface area contributed by atoms with Gasteiger partial charge in [-0.2, -0.15) is 0 Å². The van der Waals surface area contributed by atoms with Crippen LogP contribution < -0.4 is 5.73 Å². The first-order valence-corrected chi connectivity index (χ1v) is 18.7. The van der Waals surface area contributed by atoms with Crippen molar-refractivity contribution in [3.63, 3.8) is 0 Å². The number of aromatic nitrogens is 3. The maximum atomic E-state index is 11.9. The minimum Gasteiger partial charge on any atom is -0.352 e. The van der Waals surface area contributed by atoms with Gasteiger partial charge in [-0.15, -0.1) is 0 Å². The van der Waals surface area contributed by atoms with Gasteiger partial charge in [0, 0.05) is 84.8 Å². The predicted molar refractivity (Wildman–Crippen MR) is 202 cm³/mol. The van der Waals surface area contributed by atoms with Gasteiger partial charge in [-0.25, -0.2) is 0 Å². The van der Waals surface area contributed by atoms with Crippen molar-refractivity contribution in [2.75, 3.05) is 0 Å². The van der Waals surface area contributed by atoms with Crippen molar-refractivity contribution in [1.29, 1.82) is 0 Å². The number of benzene rings is 3. The van der Waals surface area contributed by atoms with Crippen molar-refractivity contribution in [3.8, 4) is 0 Å². The zero-order valence-corrected chi connectivity index (χ0v) is 31.3. The van der Waals surface area contributed by atoms with E-state index in [0.29, 0.717) is 12.8 Å². The van der Waals surface area contributed by atoms with Gasteiger partial charge in [0.05, 0.1) is 11.4 Å². The number of H-pyrrole nitrogens is 1. The number of rotatable bonds is 0. The molecule has 9 rings (SSSR count). The lowest BCUT2D eigenvalue weighted by atomic mass is 9.92. The number of carbonyl (C=O) groups excluding carboxylic acids is 2. The van der Waals surface area contributed by atoms with Gasteiger partial charge in [-0.1, -0.05) is 47.8 Å². The molecule has 0 bridgehead atoms. The molecule has 3 aromatic heterocycles. The predicted octanol–water partition coefficient (Wildman–Crippen LogP) is 10.2. The van der Waals surface area contributed by atoms with Gasteiger partial charge in [0.15, 0.2) is 11.6 Å². The van der Waals surface area contributed by atoms with Crippen LogP contribution in [0.3, 0.4) is 0 Å². The van der Waals surface area contributed by atoms with Crippen molar-refractivity contribution in [3.05, 3.63) is 102 Å². The normalized spacial score (nSPS) is 17.1. The summed E-state index contributed by atoms with van der Waals surface area (Å²) in [6, 6.07) is 19.0. The number of Topliss-reactive ketones (excluding diaryl/α,β-unsaturated/α-hetero) is 2. The molecule has 0 fully saturated rings. The highest BCUT2D eigenvalue weighted by Crippen LogP contribution is 2.37. The van der Waals surface area contributed by atoms with Crippen molar-refractivity contribution >= 4 is 92.1 Å². The molecule has 0 radical (unpaired) electrons. The average molecular weight is 821 g/mol. The number of carbonyl (C=O) groups is 2. The number of halogens is 3. The van der Waals surface area contributed by atoms with E-state index in [1.54, 1.807) is 0 Å². The Balaban J connectivity index is 0.000000112. The van der Waals surface area contributed by atoms with Crippen molar-refractivity contribution < 1.29 is 9.59 Å². The first kappa shape index (κ1) is 32.6. The number of nitrogens with two attached hydrogens (primary N) is 1. The van der Waals surface area contributed by atoms with Crippen LogP contribution in [-0.2, 0) is 33.4 Å². The van der Waals surface area contributed by atoms with Crippen LogP contribution in [0.25, 0.3) is 32.7 Å². The Hall–Kier alpha value is -2.98. The second-order valence-corrected chi connectivity index (χ2v) is 15.6. The Bertz CT molecular complexity index is 2210. The minimum atomic E-state index is 0.208. The third-order valence-corrected chi connectivity index (χ3v) is 11.4. The van der Waals surface area contributed by atoms with E-state index in [1.165, 1.54) is 50.5 Å². The van der Waals surface area contributed by atoms with Crippen molar-refractivity contribution in [2.45, 2.75) is 63.8 Å². The van der Waals surface area contributed by atoms with Crippen LogP contribution in [0.2, 0.25) is 0 Å². The van der Waals surface area contributed by atoms with Crippen LogP contribution in [0.15, 0.2) is 68.0 Å². The summed E-state index contributed by atoms with van der Waals surface area (Å²) in [6.07, 6.45) is 8.85. The van der Waals surface area contributed by atoms with Crippen LogP contribution in [0.4, 0.5) is 0 Å². The lowest BCUT2D eigenvalue weighted by Gasteiger charge is -2.20. The number of aryl methyl sites for hydroxylation is 5. The minimum absolute atomic E-state index is 0.208. The number of hydrogen-bond donors (Lipinski definition) is 2. The van der Waals surface area contributed by atoms with E-state index >= 15 is 0 Å². The molecule has 6 nitrogen and oxygen atoms in total. The van der Waals surface area contributed by atoms with Gasteiger partial charge < -0.3 is 19.9 Å². The molecule has 0 saturated heterocycles. The zero-order valence-electron chi connectivity index (χ0n) is 26.6. The van der Waals surface area contributed by atoms with E-state index in [9.17, 15) is 9.59 Å². The molecule has 47 heavy (non-hydrogen) atoms. The first-order valence-electron chi connectivity index (χ1n) is 16.3. The Morgan fingerprint density at radius 1 is 0.660 bits per heavy atom. The molecule has 3 aliphatic carbocycles. The summed E-state index contributed by atoms with van der Waals surface area (Å²) < 4.78 is 7.59. The van der Waals surface area contributed by atoms with Crippen LogP contribution in [0.5, 0.6) is 0 Å². The summed E-state index contributed by atoms with van der Waals surface area (Å²) in [6.45, 7) is 0. The standard InChI is InChI=1S/C13H15BrN2.C13H12BrNO.C12H10BrNO/c1-16-12-6-5-8(14)7-10(12)9-3-2-4-11(15)13(9)16;1-15-11-6-5-8(14)7-10(11)9-3-2-4-12(16)13(9)15;13-7-4-5-10-9(6-7)8-2-1-3-11(15)12(8)14-10/h5-7,11H,2-4,15H2,1H3;5-7H,2-4H2,1H3;4-6,14H,1-3H2. The highest BCUT2D eigenvalue weighted by atomic mass is 79.9. The molecular weight excluding hydrogens is 784 g/mol. The van der Waals surface area contributed by atoms with Crippen LogP contribution >= 0.6 is 47.8 Å². The Morgan fingerprint density at radius 3 is 1.91 bits per heavy atom. The molecule has 9 heteroatoms. The summed E-state index contributed by atoms with van der Waals surface area (Å²) in [5.41, 5.74) is 16.7. The summed E-state index contributed by atoms with van der Waals surface area (Å²) in [7, 11) is 4.11. The zero-order chi connectivity index (χ0) is 33.0. The lowest BCUT2D eigenvalue weighted by Crippen LogP contribution is -2.19. The van der Waals surface area contributed by atoms with E-state index in [2.05, 4.69) is 101 Å². The monoisotopic (exact) mass is 818 g/mol. The van der Waals surface area contributed by atoms with E-state index in [4.69, 9.17) is 5.73 Å². The molecule has 3 heterocycles. The third kappa shape index (κ3) is 5.98. The molecule has 1 unspecified atom stereocenters. The summed E-state index contributed by atoms with van der Waals surface area (Å²) >= 11 is 10.5. The van der Waals surface area contributed by atoms with Crippen LogP contribution in [0.1, 0.15) is 87.9 Å². The fourth-order valence-electron chi connectivity index (χ4n) is 7.80. The largest absolute Gasteiger partial charge is 0.352 e. The van der Waals surface area contributed by atoms with E-state index in [1.807, 2.05) is 29.8 Å². The maximum absolute atomic E-state index is 11.9. The van der Waals surface area contributed by atoms with Crippen LogP contribution in [0, 0.1) is 0 Å². The van der Waals surface area contributed by atoms with E-state index < -0.39 is 0 Å². The molecule has 0 amide bonds. The smallest absolute Gasteiger partial charge is 0.179 e. The first-order chi connectivity index (χ1) is 22.6. The summed E-state index contributed by atoms with van der Waals surface area (Å²) in [5, 5.41) is 3.77. The SMILES string of the molecule is Cn1c2c(c3cc(Br)ccc31)CCCC2=O.Cn1c2c(c3cc(Br)ccc31)CCCC2N.O=C1CCCc2c1[nH]c1ccc(Br)cc21. The maximum Gasteiger partial charge on any atom is 0.179 e. The van der Waals surface area contributed by atoms with E-state index in [-0.39, 0.29) is 17.6 Å². The van der Waals surface area contributed by atoms with Crippen molar-refractivity contribution in [2.24, 2.45) is 19.8 Å². The highest BCUT2D eigenvalue weighted by molar-refractivity contribution is 9.11. The topological polar surface area (TPSA) is 85.8 Å². The second-order valence-electron chi connectivity index (χ2n) is 12.9. The molecule has 6 aromatic rings. The quantitative estimate of drug-likeness (QED) is 0.160. The van der Waals surface area contributed by atoms with Gasteiger partial charge in [0.1, 0.15) is 0 Å². The Labute approximate surface area is 299 Å². The van der Waals surface area contributed by atoms with Gasteiger partial charge in [-0.3, -0.25) is 9.59 Å². The number of nitrogens with zero attached hydrogens (tertiary/aromatic N) is 2. The summed E-state index contributed by atoms with van der Waals surface area (Å²) in [4.78, 5) is 26.8. The molecule has 0 spiro atoms. The number of ketones is 2. The lowest BCUT2D eigenvalue weighted by molar-refractivity contribution is 0.0958. The third-order valence-electron chi connectivity index (χ3n) is 9.95. The van der Waals surface area contributed by atoms with Gasteiger partial charge in [-0.05, 0) is 116 Å². The average Bonchev–Trinajstić information content (AvgIpc) is 3.67. The Morgan fingerprint density at radius 2 is 1.21 bits per heavy atom. The second kappa shape index (κ2) is 13.1. The highest BCUT2D eigenvalue weighted by Gasteiger charge is 2.25. The van der Waals surface area contributed by atoms with Gasteiger partial charge >= 0.3 is 0 Å². The van der Waals surface area contributed by atoms with E-state index in [0.717, 1.165) is 74.4 Å².